The van der Waals surface area contributed by atoms with E-state index >= 15 is 0 Å². The maximum atomic E-state index is 12.6. The molecule has 0 spiro atoms. The molecule has 28 heavy (non-hydrogen) atoms. The summed E-state index contributed by atoms with van der Waals surface area (Å²) in [6, 6.07) is 18.7. The standard InChI is InChI=1S/C23H27N3O2/c1-18-14-19-6-4-5-9-22(19)26(18)17-23(27)24-15-20-7-2-3-8-21(20)16-25-10-12-28-13-11-25/h2-9,14H,10-13,15-17H2,1H3,(H,24,27)/p+1. The quantitative estimate of drug-likeness (QED) is 0.686. The summed E-state index contributed by atoms with van der Waals surface area (Å²) in [7, 11) is 0. The highest BCUT2D eigenvalue weighted by atomic mass is 16.5. The molecule has 1 aliphatic heterocycles. The van der Waals surface area contributed by atoms with E-state index in [4.69, 9.17) is 4.74 Å². The van der Waals surface area contributed by atoms with Gasteiger partial charge in [-0.2, -0.15) is 0 Å². The Morgan fingerprint density at radius 3 is 2.61 bits per heavy atom. The molecule has 1 aromatic heterocycles. The van der Waals surface area contributed by atoms with Gasteiger partial charge in [0.25, 0.3) is 0 Å². The second-order valence-electron chi connectivity index (χ2n) is 7.52. The van der Waals surface area contributed by atoms with Gasteiger partial charge in [0, 0.05) is 23.3 Å². The fraction of sp³-hybridized carbons (Fsp3) is 0.348. The second-order valence-corrected chi connectivity index (χ2v) is 7.52. The van der Waals surface area contributed by atoms with Crippen LogP contribution in [0.25, 0.3) is 10.9 Å². The molecule has 1 amide bonds. The van der Waals surface area contributed by atoms with Crippen LogP contribution in [0.4, 0.5) is 0 Å². The molecule has 146 valence electrons. The molecule has 4 rings (SSSR count). The van der Waals surface area contributed by atoms with Crippen molar-refractivity contribution in [1.82, 2.24) is 9.88 Å². The fourth-order valence-corrected chi connectivity index (χ4v) is 3.96. The number of carbonyl (C=O) groups is 1. The van der Waals surface area contributed by atoms with Crippen LogP contribution in [0.2, 0.25) is 0 Å². The Bertz CT molecular complexity index is 957. The lowest BCUT2D eigenvalue weighted by Gasteiger charge is -2.24. The number of hydrogen-bond donors (Lipinski definition) is 2. The van der Waals surface area contributed by atoms with Crippen molar-refractivity contribution in [1.29, 1.82) is 0 Å². The number of benzene rings is 2. The number of aryl methyl sites for hydroxylation is 1. The third kappa shape index (κ3) is 4.26. The third-order valence-electron chi connectivity index (χ3n) is 5.55. The Balaban J connectivity index is 1.40. The number of morpholine rings is 1. The van der Waals surface area contributed by atoms with Crippen molar-refractivity contribution < 1.29 is 14.4 Å². The van der Waals surface area contributed by atoms with Crippen molar-refractivity contribution in [2.24, 2.45) is 0 Å². The molecule has 1 saturated heterocycles. The summed E-state index contributed by atoms with van der Waals surface area (Å²) in [6.45, 7) is 7.69. The summed E-state index contributed by atoms with van der Waals surface area (Å²) in [4.78, 5) is 14.2. The highest BCUT2D eigenvalue weighted by Crippen LogP contribution is 2.19. The number of carbonyl (C=O) groups excluding carboxylic acids is 1. The first-order chi connectivity index (χ1) is 13.7. The number of amides is 1. The van der Waals surface area contributed by atoms with Gasteiger partial charge in [0.2, 0.25) is 5.91 Å². The fourth-order valence-electron chi connectivity index (χ4n) is 3.96. The Hall–Kier alpha value is -2.63. The van der Waals surface area contributed by atoms with Crippen LogP contribution < -0.4 is 10.2 Å². The number of aromatic nitrogens is 1. The number of nitrogens with one attached hydrogen (secondary N) is 2. The lowest BCUT2D eigenvalue weighted by Crippen LogP contribution is -3.12. The van der Waals surface area contributed by atoms with Gasteiger partial charge < -0.3 is 19.5 Å². The highest BCUT2D eigenvalue weighted by Gasteiger charge is 2.16. The average molecular weight is 378 g/mol. The first-order valence-electron chi connectivity index (χ1n) is 10.0. The van der Waals surface area contributed by atoms with Gasteiger partial charge in [-0.3, -0.25) is 4.79 Å². The van der Waals surface area contributed by atoms with Crippen LogP contribution in [0.5, 0.6) is 0 Å². The summed E-state index contributed by atoms with van der Waals surface area (Å²) in [6.07, 6.45) is 0. The van der Waals surface area contributed by atoms with Gasteiger partial charge in [0.05, 0.1) is 13.2 Å². The van der Waals surface area contributed by atoms with E-state index in [1.807, 2.05) is 25.1 Å². The lowest BCUT2D eigenvalue weighted by atomic mass is 10.1. The van der Waals surface area contributed by atoms with Crippen molar-refractivity contribution >= 4 is 16.8 Å². The molecule has 0 unspecified atom stereocenters. The highest BCUT2D eigenvalue weighted by molar-refractivity contribution is 5.84. The topological polar surface area (TPSA) is 47.7 Å². The number of rotatable bonds is 6. The van der Waals surface area contributed by atoms with E-state index < -0.39 is 0 Å². The van der Waals surface area contributed by atoms with E-state index in [2.05, 4.69) is 46.3 Å². The number of quaternary nitrogens is 1. The van der Waals surface area contributed by atoms with E-state index in [0.717, 1.165) is 44.1 Å². The molecular formula is C23H28N3O2+. The Kier molecular flexibility index (Phi) is 5.74. The monoisotopic (exact) mass is 378 g/mol. The normalized spacial score (nSPS) is 15.0. The Morgan fingerprint density at radius 2 is 1.79 bits per heavy atom. The number of nitrogens with zero attached hydrogens (tertiary/aromatic N) is 1. The zero-order valence-electron chi connectivity index (χ0n) is 16.4. The number of ether oxygens (including phenoxy) is 1. The second kappa shape index (κ2) is 8.59. The minimum Gasteiger partial charge on any atom is -0.370 e. The van der Waals surface area contributed by atoms with Crippen LogP contribution >= 0.6 is 0 Å². The van der Waals surface area contributed by atoms with Gasteiger partial charge in [-0.05, 0) is 30.0 Å². The van der Waals surface area contributed by atoms with Gasteiger partial charge in [-0.25, -0.2) is 0 Å². The van der Waals surface area contributed by atoms with Crippen LogP contribution in [0.3, 0.4) is 0 Å². The Labute approximate surface area is 165 Å². The zero-order chi connectivity index (χ0) is 19.3. The minimum atomic E-state index is 0.0398. The van der Waals surface area contributed by atoms with E-state index in [1.54, 1.807) is 4.90 Å². The smallest absolute Gasteiger partial charge is 0.240 e. The molecule has 2 N–H and O–H groups in total. The molecule has 0 bridgehead atoms. The summed E-state index contributed by atoms with van der Waals surface area (Å²) in [5.41, 5.74) is 4.71. The van der Waals surface area contributed by atoms with Crippen molar-refractivity contribution in [3.63, 3.8) is 0 Å². The van der Waals surface area contributed by atoms with Crippen molar-refractivity contribution in [3.8, 4) is 0 Å². The zero-order valence-corrected chi connectivity index (χ0v) is 16.4. The summed E-state index contributed by atoms with van der Waals surface area (Å²) < 4.78 is 7.53. The molecule has 0 aliphatic carbocycles. The largest absolute Gasteiger partial charge is 0.370 e. The predicted octanol–water partition coefficient (Wildman–Crippen LogP) is 1.68. The maximum absolute atomic E-state index is 12.6. The van der Waals surface area contributed by atoms with Crippen molar-refractivity contribution in [2.75, 3.05) is 26.3 Å². The van der Waals surface area contributed by atoms with E-state index in [9.17, 15) is 4.79 Å². The Morgan fingerprint density at radius 1 is 1.07 bits per heavy atom. The van der Waals surface area contributed by atoms with Crippen LogP contribution in [-0.2, 0) is 29.2 Å². The van der Waals surface area contributed by atoms with E-state index in [1.165, 1.54) is 16.5 Å². The van der Waals surface area contributed by atoms with Gasteiger partial charge >= 0.3 is 0 Å². The molecule has 0 atom stereocenters. The third-order valence-corrected chi connectivity index (χ3v) is 5.55. The van der Waals surface area contributed by atoms with Crippen LogP contribution in [0.1, 0.15) is 16.8 Å². The van der Waals surface area contributed by atoms with Crippen molar-refractivity contribution in [3.05, 3.63) is 71.4 Å². The van der Waals surface area contributed by atoms with E-state index in [-0.39, 0.29) is 5.91 Å². The van der Waals surface area contributed by atoms with Gasteiger partial charge in [0.15, 0.2) is 0 Å². The summed E-state index contributed by atoms with van der Waals surface area (Å²) in [5.74, 6) is 0.0398. The van der Waals surface area contributed by atoms with Crippen LogP contribution in [-0.4, -0.2) is 36.8 Å². The first kappa shape index (κ1) is 18.7. The van der Waals surface area contributed by atoms with Gasteiger partial charge in [-0.1, -0.05) is 42.5 Å². The number of para-hydroxylation sites is 1. The number of fused-ring (bicyclic) bond motifs is 1. The molecule has 1 fully saturated rings. The summed E-state index contributed by atoms with van der Waals surface area (Å²) in [5, 5.41) is 4.29. The molecule has 2 aromatic carbocycles. The molecule has 2 heterocycles. The average Bonchev–Trinajstić information content (AvgIpc) is 3.03. The predicted molar refractivity (Wildman–Crippen MR) is 110 cm³/mol. The van der Waals surface area contributed by atoms with Crippen molar-refractivity contribution in [2.45, 2.75) is 26.6 Å². The molecule has 3 aromatic rings. The molecule has 0 saturated carbocycles. The number of hydrogen-bond acceptors (Lipinski definition) is 2. The molecule has 5 heteroatoms. The minimum absolute atomic E-state index is 0.0398. The van der Waals surface area contributed by atoms with Crippen LogP contribution in [0.15, 0.2) is 54.6 Å². The SMILES string of the molecule is Cc1cc2ccccc2n1CC(=O)NCc1ccccc1C[NH+]1CCOCC1. The summed E-state index contributed by atoms with van der Waals surface area (Å²) >= 11 is 0. The lowest BCUT2D eigenvalue weighted by molar-refractivity contribution is -0.921. The van der Waals surface area contributed by atoms with Gasteiger partial charge in [0.1, 0.15) is 26.2 Å². The van der Waals surface area contributed by atoms with Gasteiger partial charge in [-0.15, -0.1) is 0 Å². The molecule has 0 radical (unpaired) electrons. The maximum Gasteiger partial charge on any atom is 0.240 e. The van der Waals surface area contributed by atoms with Crippen LogP contribution in [0, 0.1) is 6.92 Å². The molecule has 1 aliphatic rings. The molecular weight excluding hydrogens is 350 g/mol. The first-order valence-corrected chi connectivity index (χ1v) is 10.0. The molecule has 5 nitrogen and oxygen atoms in total. The van der Waals surface area contributed by atoms with E-state index in [0.29, 0.717) is 13.1 Å².